The molecule has 1 aromatic heterocycles. The molecular weight excluding hydrogens is 524 g/mol. The normalized spacial score (nSPS) is 16.9. The zero-order valence-corrected chi connectivity index (χ0v) is 23.7. The Labute approximate surface area is 239 Å². The third-order valence-electron chi connectivity index (χ3n) is 7.56. The number of rotatable bonds is 6. The maximum absolute atomic E-state index is 13.7. The van der Waals surface area contributed by atoms with Gasteiger partial charge < -0.3 is 23.9 Å². The number of carboxylic acids is 1. The van der Waals surface area contributed by atoms with Gasteiger partial charge in [-0.05, 0) is 74.4 Å². The van der Waals surface area contributed by atoms with Crippen LogP contribution in [0.1, 0.15) is 73.4 Å². The molecule has 2 aromatic carbocycles. The van der Waals surface area contributed by atoms with E-state index in [1.54, 1.807) is 15.9 Å². The van der Waals surface area contributed by atoms with Crippen molar-refractivity contribution in [1.82, 2.24) is 9.80 Å². The molecule has 1 aliphatic heterocycles. The van der Waals surface area contributed by atoms with E-state index in [0.717, 1.165) is 22.3 Å². The lowest BCUT2D eigenvalue weighted by Crippen LogP contribution is -2.42. The first-order chi connectivity index (χ1) is 19.6. The highest BCUT2D eigenvalue weighted by Crippen LogP contribution is 2.44. The van der Waals surface area contributed by atoms with Gasteiger partial charge in [-0.1, -0.05) is 48.5 Å². The predicted octanol–water partition coefficient (Wildman–Crippen LogP) is 6.52. The molecule has 1 unspecified atom stereocenters. The molecule has 2 amide bonds. The van der Waals surface area contributed by atoms with Crippen molar-refractivity contribution >= 4 is 18.2 Å². The van der Waals surface area contributed by atoms with E-state index in [1.807, 2.05) is 45.0 Å². The molecule has 0 radical (unpaired) electrons. The lowest BCUT2D eigenvalue weighted by molar-refractivity contribution is 0.0252. The zero-order chi connectivity index (χ0) is 29.1. The zero-order valence-electron chi connectivity index (χ0n) is 23.7. The van der Waals surface area contributed by atoms with Gasteiger partial charge in [0, 0.05) is 25.0 Å². The average Bonchev–Trinajstić information content (AvgIpc) is 3.44. The molecule has 1 N–H and O–H groups in total. The molecule has 0 saturated carbocycles. The van der Waals surface area contributed by atoms with Crippen LogP contribution in [0, 0.1) is 0 Å². The molecule has 2 heterocycles. The van der Waals surface area contributed by atoms with Crippen molar-refractivity contribution in [1.29, 1.82) is 0 Å². The van der Waals surface area contributed by atoms with Crippen molar-refractivity contribution < 1.29 is 33.4 Å². The fraction of sp³-hybridized carbons (Fsp3) is 0.406. The van der Waals surface area contributed by atoms with Crippen LogP contribution in [0.5, 0.6) is 0 Å². The van der Waals surface area contributed by atoms with E-state index in [1.165, 1.54) is 6.07 Å². The number of hydrogen-bond acceptors (Lipinski definition) is 6. The van der Waals surface area contributed by atoms with Gasteiger partial charge in [0.25, 0.3) is 0 Å². The van der Waals surface area contributed by atoms with Crippen LogP contribution in [-0.4, -0.2) is 64.4 Å². The van der Waals surface area contributed by atoms with Crippen LogP contribution < -0.4 is 0 Å². The van der Waals surface area contributed by atoms with Gasteiger partial charge in [-0.15, -0.1) is 0 Å². The smallest absolute Gasteiger partial charge is 0.410 e. The number of benzene rings is 2. The molecule has 1 aliphatic carbocycles. The van der Waals surface area contributed by atoms with Crippen LogP contribution in [0.2, 0.25) is 0 Å². The number of ether oxygens (including phenoxy) is 2. The first kappa shape index (κ1) is 28.3. The van der Waals surface area contributed by atoms with Crippen LogP contribution in [0.4, 0.5) is 9.59 Å². The number of nitrogens with zero attached hydrogens (tertiary/aromatic N) is 2. The maximum atomic E-state index is 13.7. The molecule has 2 aliphatic rings. The van der Waals surface area contributed by atoms with E-state index in [0.29, 0.717) is 38.1 Å². The first-order valence-corrected chi connectivity index (χ1v) is 14.0. The Bertz CT molecular complexity index is 1380. The minimum atomic E-state index is -1.17. The molecule has 9 nitrogen and oxygen atoms in total. The monoisotopic (exact) mass is 560 g/mol. The molecule has 41 heavy (non-hydrogen) atoms. The summed E-state index contributed by atoms with van der Waals surface area (Å²) < 4.78 is 17.0. The van der Waals surface area contributed by atoms with Crippen LogP contribution in [0.15, 0.2) is 65.1 Å². The molecule has 3 aromatic rings. The Kier molecular flexibility index (Phi) is 8.06. The summed E-state index contributed by atoms with van der Waals surface area (Å²) >= 11 is 0. The van der Waals surface area contributed by atoms with Gasteiger partial charge in [-0.2, -0.15) is 0 Å². The number of fused-ring (bicyclic) bond motifs is 3. The van der Waals surface area contributed by atoms with Gasteiger partial charge in [-0.25, -0.2) is 14.4 Å². The fourth-order valence-corrected chi connectivity index (χ4v) is 5.66. The largest absolute Gasteiger partial charge is 0.475 e. The van der Waals surface area contributed by atoms with Crippen LogP contribution in [-0.2, 0) is 16.0 Å². The molecule has 1 atom stereocenters. The van der Waals surface area contributed by atoms with Gasteiger partial charge >= 0.3 is 18.2 Å². The van der Waals surface area contributed by atoms with Gasteiger partial charge in [0.1, 0.15) is 18.0 Å². The summed E-state index contributed by atoms with van der Waals surface area (Å²) in [5, 5.41) is 9.31. The summed E-state index contributed by atoms with van der Waals surface area (Å²) in [6.07, 6.45) is 0.973. The summed E-state index contributed by atoms with van der Waals surface area (Å²) in [4.78, 5) is 41.1. The molecule has 5 rings (SSSR count). The van der Waals surface area contributed by atoms with Crippen molar-refractivity contribution in [3.8, 4) is 11.1 Å². The fourth-order valence-electron chi connectivity index (χ4n) is 5.66. The predicted molar refractivity (Wildman–Crippen MR) is 152 cm³/mol. The second-order valence-corrected chi connectivity index (χ2v) is 11.6. The third kappa shape index (κ3) is 6.39. The van der Waals surface area contributed by atoms with E-state index in [4.69, 9.17) is 13.9 Å². The van der Waals surface area contributed by atoms with Crippen LogP contribution in [0.3, 0.4) is 0 Å². The highest BCUT2D eigenvalue weighted by Gasteiger charge is 2.33. The molecule has 216 valence electrons. The highest BCUT2D eigenvalue weighted by atomic mass is 16.6. The summed E-state index contributed by atoms with van der Waals surface area (Å²) in [5.74, 6) is -1.10. The van der Waals surface area contributed by atoms with Gasteiger partial charge in [0.15, 0.2) is 0 Å². The Balaban J connectivity index is 1.33. The molecule has 1 fully saturated rings. The molecular formula is C32H36N2O7. The van der Waals surface area contributed by atoms with E-state index in [-0.39, 0.29) is 37.0 Å². The second-order valence-electron chi connectivity index (χ2n) is 11.6. The first-order valence-electron chi connectivity index (χ1n) is 14.0. The lowest BCUT2D eigenvalue weighted by atomic mass is 9.98. The van der Waals surface area contributed by atoms with Crippen molar-refractivity contribution in [2.45, 2.75) is 64.1 Å². The maximum Gasteiger partial charge on any atom is 0.410 e. The number of amides is 2. The summed E-state index contributed by atoms with van der Waals surface area (Å²) in [6.45, 7) is 6.66. The Hall–Kier alpha value is -4.27. The second kappa shape index (κ2) is 11.7. The summed E-state index contributed by atoms with van der Waals surface area (Å²) in [7, 11) is 0. The van der Waals surface area contributed by atoms with Gasteiger partial charge in [0.05, 0.1) is 6.54 Å². The van der Waals surface area contributed by atoms with E-state index >= 15 is 0 Å². The number of furan rings is 1. The number of aromatic carboxylic acids is 1. The Morgan fingerprint density at radius 3 is 2.22 bits per heavy atom. The molecule has 1 saturated heterocycles. The quantitative estimate of drug-likeness (QED) is 0.366. The van der Waals surface area contributed by atoms with Crippen molar-refractivity contribution in [2.24, 2.45) is 0 Å². The summed E-state index contributed by atoms with van der Waals surface area (Å²) in [6, 6.07) is 19.0. The Morgan fingerprint density at radius 2 is 1.61 bits per heavy atom. The standard InChI is InChI=1S/C32H36N2O7/c1-32(2,3)41-30(37)33-17-8-9-21(16-18-33)34(19-22-14-15-28(40-22)29(35)36)31(38)39-20-27-25-12-6-4-10-23(25)24-11-5-7-13-26(24)27/h4-7,10-15,21,27H,8-9,16-20H2,1-3H3,(H,35,36). The summed E-state index contributed by atoms with van der Waals surface area (Å²) in [5.41, 5.74) is 3.92. The van der Waals surface area contributed by atoms with E-state index in [9.17, 15) is 19.5 Å². The van der Waals surface area contributed by atoms with Crippen LogP contribution in [0.25, 0.3) is 11.1 Å². The van der Waals surface area contributed by atoms with Crippen molar-refractivity contribution in [3.05, 3.63) is 83.3 Å². The van der Waals surface area contributed by atoms with Gasteiger partial charge in [0.2, 0.25) is 5.76 Å². The lowest BCUT2D eigenvalue weighted by Gasteiger charge is -2.30. The average molecular weight is 561 g/mol. The van der Waals surface area contributed by atoms with Crippen molar-refractivity contribution in [3.63, 3.8) is 0 Å². The topological polar surface area (TPSA) is 110 Å². The molecule has 9 heteroatoms. The Morgan fingerprint density at radius 1 is 0.951 bits per heavy atom. The minimum Gasteiger partial charge on any atom is -0.475 e. The number of carbonyl (C=O) groups is 3. The van der Waals surface area contributed by atoms with Crippen molar-refractivity contribution in [2.75, 3.05) is 19.7 Å². The molecule has 0 spiro atoms. The number of carboxylic acid groups (broad SMARTS) is 1. The number of hydrogen-bond donors (Lipinski definition) is 1. The van der Waals surface area contributed by atoms with Gasteiger partial charge in [-0.3, -0.25) is 4.90 Å². The number of likely N-dealkylation sites (tertiary alicyclic amines) is 1. The molecule has 0 bridgehead atoms. The van der Waals surface area contributed by atoms with E-state index < -0.39 is 17.7 Å². The minimum absolute atomic E-state index is 0.0566. The third-order valence-corrected chi connectivity index (χ3v) is 7.56. The number of carbonyl (C=O) groups excluding carboxylic acids is 2. The van der Waals surface area contributed by atoms with Crippen LogP contribution >= 0.6 is 0 Å². The SMILES string of the molecule is CC(C)(C)OC(=O)N1CCCC(N(Cc2ccc(C(=O)O)o2)C(=O)OCC2c3ccccc3-c3ccccc32)CC1. The highest BCUT2D eigenvalue weighted by molar-refractivity contribution is 5.84. The van der Waals surface area contributed by atoms with E-state index in [2.05, 4.69) is 24.3 Å².